The zero-order valence-electron chi connectivity index (χ0n) is 12.8. The lowest BCUT2D eigenvalue weighted by atomic mass is 9.79. The van der Waals surface area contributed by atoms with Gasteiger partial charge < -0.3 is 10.1 Å². The van der Waals surface area contributed by atoms with Gasteiger partial charge in [0.05, 0.1) is 0 Å². The average Bonchev–Trinajstić information content (AvgIpc) is 2.54. The second kappa shape index (κ2) is 8.18. The Bertz CT molecular complexity index is 498. The fraction of sp³-hybridized carbons (Fsp3) is 0.529. The summed E-state index contributed by atoms with van der Waals surface area (Å²) in [5.41, 5.74) is 0.964. The highest BCUT2D eigenvalue weighted by Crippen LogP contribution is 2.32. The third-order valence-electron chi connectivity index (χ3n) is 4.36. The Kier molecular flexibility index (Phi) is 6.25. The minimum atomic E-state index is -0.396. The van der Waals surface area contributed by atoms with Crippen LogP contribution in [-0.2, 0) is 16.1 Å². The van der Waals surface area contributed by atoms with Crippen molar-refractivity contribution in [2.75, 3.05) is 0 Å². The lowest BCUT2D eigenvalue weighted by Crippen LogP contribution is -2.40. The molecule has 1 N–H and O–H groups in total. The molecule has 0 saturated heterocycles. The number of hydrogen-bond acceptors (Lipinski definition) is 3. The third-order valence-corrected chi connectivity index (χ3v) is 4.67. The van der Waals surface area contributed by atoms with E-state index in [9.17, 15) is 9.59 Å². The van der Waals surface area contributed by atoms with Crippen LogP contribution >= 0.6 is 11.6 Å². The van der Waals surface area contributed by atoms with Crippen molar-refractivity contribution in [1.29, 1.82) is 0 Å². The minimum Gasteiger partial charge on any atom is -0.445 e. The number of hydrogen-bond donors (Lipinski definition) is 1. The topological polar surface area (TPSA) is 55.4 Å². The van der Waals surface area contributed by atoms with Crippen LogP contribution < -0.4 is 5.32 Å². The van der Waals surface area contributed by atoms with Crippen molar-refractivity contribution in [3.8, 4) is 0 Å². The quantitative estimate of drug-likeness (QED) is 0.837. The molecule has 1 aliphatic carbocycles. The van der Waals surface area contributed by atoms with Crippen molar-refractivity contribution < 1.29 is 14.3 Å². The van der Waals surface area contributed by atoms with Crippen LogP contribution in [0.1, 0.15) is 38.2 Å². The number of amides is 1. The van der Waals surface area contributed by atoms with E-state index >= 15 is 0 Å². The van der Waals surface area contributed by atoms with E-state index in [4.69, 9.17) is 16.3 Å². The summed E-state index contributed by atoms with van der Waals surface area (Å²) >= 11 is 5.54. The Balaban J connectivity index is 1.71. The number of rotatable bonds is 5. The Morgan fingerprint density at radius 1 is 1.23 bits per heavy atom. The van der Waals surface area contributed by atoms with E-state index in [1.165, 1.54) is 0 Å². The largest absolute Gasteiger partial charge is 0.445 e. The van der Waals surface area contributed by atoms with Crippen LogP contribution in [0.25, 0.3) is 0 Å². The van der Waals surface area contributed by atoms with Gasteiger partial charge in [0.15, 0.2) is 0 Å². The standard InChI is InChI=1S/C17H22ClNO3/c1-12(14-7-9-15(10-8-14)16(18)20)19-17(21)22-11-13-5-3-2-4-6-13/h2-6,12,14-15H,7-11H2,1H3,(H,19,21)/t12-,14?,15?/m1/s1. The van der Waals surface area contributed by atoms with Gasteiger partial charge in [-0.15, -0.1) is 0 Å². The van der Waals surface area contributed by atoms with Crippen LogP contribution in [0.3, 0.4) is 0 Å². The van der Waals surface area contributed by atoms with E-state index in [1.54, 1.807) is 0 Å². The van der Waals surface area contributed by atoms with Crippen LogP contribution in [0.4, 0.5) is 4.79 Å². The van der Waals surface area contributed by atoms with Crippen molar-refractivity contribution in [3.63, 3.8) is 0 Å². The molecule has 0 radical (unpaired) electrons. The molecule has 2 rings (SSSR count). The Hall–Kier alpha value is -1.55. The van der Waals surface area contributed by atoms with Crippen molar-refractivity contribution >= 4 is 22.9 Å². The van der Waals surface area contributed by atoms with Crippen LogP contribution in [0.15, 0.2) is 30.3 Å². The first-order valence-electron chi connectivity index (χ1n) is 7.73. The number of benzene rings is 1. The minimum absolute atomic E-state index is 0.0184. The number of nitrogens with one attached hydrogen (secondary N) is 1. The maximum absolute atomic E-state index is 11.8. The van der Waals surface area contributed by atoms with E-state index in [-0.39, 0.29) is 23.8 Å². The first kappa shape index (κ1) is 16.8. The van der Waals surface area contributed by atoms with Gasteiger partial charge >= 0.3 is 6.09 Å². The predicted molar refractivity (Wildman–Crippen MR) is 85.5 cm³/mol. The van der Waals surface area contributed by atoms with Gasteiger partial charge in [-0.25, -0.2) is 4.79 Å². The summed E-state index contributed by atoms with van der Waals surface area (Å²) in [7, 11) is 0. The van der Waals surface area contributed by atoms with Gasteiger partial charge in [0.1, 0.15) is 6.61 Å². The number of alkyl carbamates (subject to hydrolysis) is 1. The number of ether oxygens (including phenoxy) is 1. The lowest BCUT2D eigenvalue weighted by Gasteiger charge is -2.30. The lowest BCUT2D eigenvalue weighted by molar-refractivity contribution is -0.116. The highest BCUT2D eigenvalue weighted by atomic mass is 35.5. The Morgan fingerprint density at radius 2 is 1.86 bits per heavy atom. The van der Waals surface area contributed by atoms with Gasteiger partial charge in [-0.2, -0.15) is 0 Å². The van der Waals surface area contributed by atoms with Gasteiger partial charge in [-0.3, -0.25) is 4.79 Å². The van der Waals surface area contributed by atoms with Crippen LogP contribution in [0, 0.1) is 11.8 Å². The van der Waals surface area contributed by atoms with Crippen LogP contribution in [0.5, 0.6) is 0 Å². The maximum atomic E-state index is 11.8. The van der Waals surface area contributed by atoms with Gasteiger partial charge in [-0.1, -0.05) is 30.3 Å². The first-order chi connectivity index (χ1) is 10.6. The molecule has 4 nitrogen and oxygen atoms in total. The van der Waals surface area contributed by atoms with Crippen molar-refractivity contribution in [2.45, 2.75) is 45.3 Å². The second-order valence-electron chi connectivity index (χ2n) is 5.91. The number of carbonyl (C=O) groups excluding carboxylic acids is 2. The molecule has 0 aliphatic heterocycles. The molecule has 1 aliphatic rings. The molecule has 1 fully saturated rings. The molecule has 1 saturated carbocycles. The van der Waals surface area contributed by atoms with Gasteiger partial charge in [0.2, 0.25) is 5.24 Å². The summed E-state index contributed by atoms with van der Waals surface area (Å²) in [4.78, 5) is 23.0. The third kappa shape index (κ3) is 5.02. The summed E-state index contributed by atoms with van der Waals surface area (Å²) in [5.74, 6) is 0.353. The molecule has 0 unspecified atom stereocenters. The van der Waals surface area contributed by atoms with E-state index in [0.717, 1.165) is 31.2 Å². The first-order valence-corrected chi connectivity index (χ1v) is 8.10. The maximum Gasteiger partial charge on any atom is 0.407 e. The van der Waals surface area contributed by atoms with Crippen molar-refractivity contribution in [2.24, 2.45) is 11.8 Å². The van der Waals surface area contributed by atoms with E-state index in [1.807, 2.05) is 37.3 Å². The molecular formula is C17H22ClNO3. The summed E-state index contributed by atoms with van der Waals surface area (Å²) in [5, 5.41) is 2.65. The zero-order chi connectivity index (χ0) is 15.9. The smallest absolute Gasteiger partial charge is 0.407 e. The molecule has 1 amide bonds. The van der Waals surface area contributed by atoms with Crippen LogP contribution in [-0.4, -0.2) is 17.4 Å². The summed E-state index contributed by atoms with van der Waals surface area (Å²) in [6.45, 7) is 2.25. The fourth-order valence-electron chi connectivity index (χ4n) is 2.91. The average molecular weight is 324 g/mol. The highest BCUT2D eigenvalue weighted by Gasteiger charge is 2.29. The molecule has 120 valence electrons. The molecule has 0 aromatic heterocycles. The summed E-state index contributed by atoms with van der Waals surface area (Å²) in [6, 6.07) is 9.62. The van der Waals surface area contributed by atoms with Gasteiger partial charge in [-0.05, 0) is 55.7 Å². The highest BCUT2D eigenvalue weighted by molar-refractivity contribution is 6.63. The normalized spacial score (nSPS) is 22.6. The molecule has 1 atom stereocenters. The zero-order valence-corrected chi connectivity index (χ0v) is 13.5. The summed E-state index contributed by atoms with van der Waals surface area (Å²) in [6.07, 6.45) is 3.02. The van der Waals surface area contributed by atoms with Gasteiger partial charge in [0, 0.05) is 12.0 Å². The number of carbonyl (C=O) groups is 2. The molecule has 0 heterocycles. The Labute approximate surface area is 136 Å². The summed E-state index contributed by atoms with van der Waals surface area (Å²) < 4.78 is 5.22. The molecule has 1 aromatic rings. The molecular weight excluding hydrogens is 302 g/mol. The fourth-order valence-corrected chi connectivity index (χ4v) is 3.13. The van der Waals surface area contributed by atoms with Crippen molar-refractivity contribution in [3.05, 3.63) is 35.9 Å². The number of halogens is 1. The molecule has 0 bridgehead atoms. The van der Waals surface area contributed by atoms with E-state index in [0.29, 0.717) is 5.92 Å². The second-order valence-corrected chi connectivity index (χ2v) is 6.28. The predicted octanol–water partition coefficient (Wildman–Crippen LogP) is 3.87. The monoisotopic (exact) mass is 323 g/mol. The molecule has 1 aromatic carbocycles. The van der Waals surface area contributed by atoms with Gasteiger partial charge in [0.25, 0.3) is 0 Å². The van der Waals surface area contributed by atoms with Crippen LogP contribution in [0.2, 0.25) is 0 Å². The van der Waals surface area contributed by atoms with Crippen molar-refractivity contribution in [1.82, 2.24) is 5.32 Å². The SMILES string of the molecule is C[C@@H](NC(=O)OCc1ccccc1)C1CCC(C(=O)Cl)CC1. The molecule has 5 heteroatoms. The molecule has 22 heavy (non-hydrogen) atoms. The van der Waals surface area contributed by atoms with E-state index < -0.39 is 6.09 Å². The van der Waals surface area contributed by atoms with E-state index in [2.05, 4.69) is 5.32 Å². The Morgan fingerprint density at radius 3 is 2.45 bits per heavy atom. The molecule has 0 spiro atoms.